The molecule has 7 nitrogen and oxygen atoms in total. The first-order chi connectivity index (χ1) is 16.4. The van der Waals surface area contributed by atoms with Crippen LogP contribution in [0, 0.1) is 0 Å². The van der Waals surface area contributed by atoms with Crippen LogP contribution in [0.2, 0.25) is 0 Å². The second-order valence-corrected chi connectivity index (χ2v) is 9.41. The number of hydrogen-bond donors (Lipinski definition) is 1. The smallest absolute Gasteiger partial charge is 0.313 e. The van der Waals surface area contributed by atoms with E-state index in [0.717, 1.165) is 23.2 Å². The molecule has 0 aliphatic carbocycles. The number of esters is 1. The number of carbonyl (C=O) groups is 2. The summed E-state index contributed by atoms with van der Waals surface area (Å²) in [6.07, 6.45) is 1.01. The van der Waals surface area contributed by atoms with Crippen molar-refractivity contribution in [2.45, 2.75) is 63.4 Å². The van der Waals surface area contributed by atoms with Gasteiger partial charge in [-0.1, -0.05) is 74.1 Å². The van der Waals surface area contributed by atoms with Gasteiger partial charge >= 0.3 is 5.97 Å². The predicted molar refractivity (Wildman–Crippen MR) is 135 cm³/mol. The quantitative estimate of drug-likeness (QED) is 0.305. The lowest BCUT2D eigenvalue weighted by atomic mass is 9.97. The number of rotatable bonds is 11. The number of anilines is 1. The highest BCUT2D eigenvalue weighted by Crippen LogP contribution is 2.29. The second kappa shape index (κ2) is 12.4. The molecule has 1 heterocycles. The molecule has 0 saturated heterocycles. The van der Waals surface area contributed by atoms with Crippen LogP contribution in [0.3, 0.4) is 0 Å². The van der Waals surface area contributed by atoms with E-state index >= 15 is 0 Å². The van der Waals surface area contributed by atoms with Gasteiger partial charge in [0.1, 0.15) is 12.2 Å². The fourth-order valence-electron chi connectivity index (χ4n) is 3.51. The third-order valence-corrected chi connectivity index (χ3v) is 6.68. The monoisotopic (exact) mass is 480 g/mol. The van der Waals surface area contributed by atoms with Crippen LogP contribution in [-0.4, -0.2) is 38.5 Å². The molecule has 0 fully saturated rings. The number of aromatic nitrogens is 3. The SMILES string of the molecule is CCOC(=O)Cc1nnc(S[C@@H](C)C(=O)Nc2ccccc2[C@@H](C)CC)n1Cc1ccccc1. The molecule has 0 saturated carbocycles. The van der Waals surface area contributed by atoms with E-state index in [1.807, 2.05) is 60.0 Å². The number of thioether (sulfide) groups is 1. The molecule has 0 radical (unpaired) electrons. The standard InChI is InChI=1S/C26H32N4O3S/c1-5-18(3)21-14-10-11-15-22(21)27-25(32)19(4)34-26-29-28-23(16-24(31)33-6-2)30(26)17-20-12-8-7-9-13-20/h7-15,18-19H,5-6,16-17H2,1-4H3,(H,27,32)/t18-,19-/m0/s1. The van der Waals surface area contributed by atoms with Crippen LogP contribution in [0.5, 0.6) is 0 Å². The van der Waals surface area contributed by atoms with Gasteiger partial charge in [0.05, 0.1) is 18.4 Å². The Hall–Kier alpha value is -3.13. The van der Waals surface area contributed by atoms with Crippen molar-refractivity contribution in [2.24, 2.45) is 0 Å². The molecule has 3 aromatic rings. The number of benzene rings is 2. The average Bonchev–Trinajstić information content (AvgIpc) is 3.20. The normalized spacial score (nSPS) is 12.7. The van der Waals surface area contributed by atoms with Gasteiger partial charge in [0.2, 0.25) is 5.91 Å². The Kier molecular flexibility index (Phi) is 9.27. The van der Waals surface area contributed by atoms with E-state index in [4.69, 9.17) is 4.74 Å². The maximum atomic E-state index is 13.1. The molecule has 1 N–H and O–H groups in total. The zero-order chi connectivity index (χ0) is 24.5. The average molecular weight is 481 g/mol. The van der Waals surface area contributed by atoms with Crippen molar-refractivity contribution in [1.29, 1.82) is 0 Å². The molecule has 0 spiro atoms. The van der Waals surface area contributed by atoms with Gasteiger partial charge in [-0.05, 0) is 43.4 Å². The number of carbonyl (C=O) groups excluding carboxylic acids is 2. The third kappa shape index (κ3) is 6.70. The van der Waals surface area contributed by atoms with Crippen molar-refractivity contribution in [3.8, 4) is 0 Å². The number of para-hydroxylation sites is 1. The predicted octanol–water partition coefficient (Wildman–Crippen LogP) is 5.06. The van der Waals surface area contributed by atoms with Crippen molar-refractivity contribution in [3.05, 3.63) is 71.5 Å². The van der Waals surface area contributed by atoms with Crippen LogP contribution in [0.25, 0.3) is 0 Å². The number of nitrogens with one attached hydrogen (secondary N) is 1. The second-order valence-electron chi connectivity index (χ2n) is 8.10. The summed E-state index contributed by atoms with van der Waals surface area (Å²) in [4.78, 5) is 25.2. The Morgan fingerprint density at radius 2 is 1.74 bits per heavy atom. The number of amides is 1. The van der Waals surface area contributed by atoms with E-state index in [2.05, 4.69) is 35.4 Å². The number of hydrogen-bond acceptors (Lipinski definition) is 6. The highest BCUT2D eigenvalue weighted by Gasteiger charge is 2.23. The minimum Gasteiger partial charge on any atom is -0.466 e. The Morgan fingerprint density at radius 3 is 2.44 bits per heavy atom. The fourth-order valence-corrected chi connectivity index (χ4v) is 4.38. The zero-order valence-corrected chi connectivity index (χ0v) is 21.0. The number of nitrogens with zero attached hydrogens (tertiary/aromatic N) is 3. The summed E-state index contributed by atoms with van der Waals surface area (Å²) in [6.45, 7) is 8.71. The lowest BCUT2D eigenvalue weighted by Crippen LogP contribution is -2.24. The van der Waals surface area contributed by atoms with Gasteiger partial charge in [-0.3, -0.25) is 9.59 Å². The highest BCUT2D eigenvalue weighted by molar-refractivity contribution is 8.00. The van der Waals surface area contributed by atoms with Gasteiger partial charge in [0, 0.05) is 5.69 Å². The molecule has 2 atom stereocenters. The first-order valence-corrected chi connectivity index (χ1v) is 12.5. The van der Waals surface area contributed by atoms with E-state index in [-0.39, 0.29) is 18.3 Å². The number of ether oxygens (including phenoxy) is 1. The minimum absolute atomic E-state index is 0.0249. The van der Waals surface area contributed by atoms with E-state index < -0.39 is 5.25 Å². The summed E-state index contributed by atoms with van der Waals surface area (Å²) >= 11 is 1.32. The molecule has 34 heavy (non-hydrogen) atoms. The van der Waals surface area contributed by atoms with Gasteiger partial charge in [0.25, 0.3) is 0 Å². The lowest BCUT2D eigenvalue weighted by molar-refractivity contribution is -0.142. The molecule has 8 heteroatoms. The fraction of sp³-hybridized carbons (Fsp3) is 0.385. The highest BCUT2D eigenvalue weighted by atomic mass is 32.2. The van der Waals surface area contributed by atoms with Gasteiger partial charge in [0.15, 0.2) is 5.16 Å². The molecule has 0 aliphatic rings. The summed E-state index contributed by atoms with van der Waals surface area (Å²) in [5.41, 5.74) is 3.01. The van der Waals surface area contributed by atoms with E-state index in [0.29, 0.717) is 30.1 Å². The first kappa shape index (κ1) is 25.5. The Bertz CT molecular complexity index is 1100. The van der Waals surface area contributed by atoms with Crippen LogP contribution in [0.15, 0.2) is 59.8 Å². The molecular weight excluding hydrogens is 448 g/mol. The lowest BCUT2D eigenvalue weighted by Gasteiger charge is -2.18. The van der Waals surface area contributed by atoms with Crippen LogP contribution in [0.4, 0.5) is 5.69 Å². The van der Waals surface area contributed by atoms with Crippen LogP contribution in [-0.2, 0) is 27.3 Å². The maximum Gasteiger partial charge on any atom is 0.313 e. The van der Waals surface area contributed by atoms with Crippen molar-refractivity contribution in [1.82, 2.24) is 14.8 Å². The van der Waals surface area contributed by atoms with Gasteiger partial charge < -0.3 is 14.6 Å². The summed E-state index contributed by atoms with van der Waals surface area (Å²) in [5, 5.41) is 11.8. The van der Waals surface area contributed by atoms with Crippen molar-refractivity contribution in [3.63, 3.8) is 0 Å². The van der Waals surface area contributed by atoms with Crippen molar-refractivity contribution in [2.75, 3.05) is 11.9 Å². The van der Waals surface area contributed by atoms with Gasteiger partial charge in [-0.15, -0.1) is 10.2 Å². The molecule has 1 aromatic heterocycles. The summed E-state index contributed by atoms with van der Waals surface area (Å²) in [7, 11) is 0. The van der Waals surface area contributed by atoms with Crippen LogP contribution >= 0.6 is 11.8 Å². The summed E-state index contributed by atoms with van der Waals surface area (Å²) < 4.78 is 6.98. The summed E-state index contributed by atoms with van der Waals surface area (Å²) in [5.74, 6) is 0.397. The Labute approximate surface area is 205 Å². The molecule has 2 aromatic carbocycles. The molecular formula is C26H32N4O3S. The Morgan fingerprint density at radius 1 is 1.03 bits per heavy atom. The molecule has 1 amide bonds. The summed E-state index contributed by atoms with van der Waals surface area (Å²) in [6, 6.07) is 17.8. The maximum absolute atomic E-state index is 13.1. The zero-order valence-electron chi connectivity index (χ0n) is 20.2. The van der Waals surface area contributed by atoms with Crippen LogP contribution in [0.1, 0.15) is 57.0 Å². The molecule has 3 rings (SSSR count). The third-order valence-electron chi connectivity index (χ3n) is 5.60. The molecule has 0 unspecified atom stereocenters. The molecule has 180 valence electrons. The molecule has 0 aliphatic heterocycles. The van der Waals surface area contributed by atoms with Crippen molar-refractivity contribution >= 4 is 29.3 Å². The van der Waals surface area contributed by atoms with E-state index in [1.54, 1.807) is 6.92 Å². The largest absolute Gasteiger partial charge is 0.466 e. The van der Waals surface area contributed by atoms with E-state index in [1.165, 1.54) is 11.8 Å². The van der Waals surface area contributed by atoms with E-state index in [9.17, 15) is 9.59 Å². The van der Waals surface area contributed by atoms with Crippen LogP contribution < -0.4 is 5.32 Å². The topological polar surface area (TPSA) is 86.1 Å². The Balaban J connectivity index is 1.79. The van der Waals surface area contributed by atoms with Crippen molar-refractivity contribution < 1.29 is 14.3 Å². The molecule has 0 bridgehead atoms. The minimum atomic E-state index is -0.417. The van der Waals surface area contributed by atoms with Gasteiger partial charge in [-0.2, -0.15) is 0 Å². The first-order valence-electron chi connectivity index (χ1n) is 11.6. The van der Waals surface area contributed by atoms with Gasteiger partial charge in [-0.25, -0.2) is 0 Å².